The molecule has 1 atom stereocenters. The highest BCUT2D eigenvalue weighted by Gasteiger charge is 2.58. The SMILES string of the molecule is CC(C)(C)OC(=O)N1CC(F)(F)C[C@H]1C(=O)N1CC2(C1)CN(c1ncnc3sc(CC(F)(F)F)cc13)C2. The predicted molar refractivity (Wildman–Crippen MR) is 125 cm³/mol. The van der Waals surface area contributed by atoms with Gasteiger partial charge in [0.15, 0.2) is 0 Å². The van der Waals surface area contributed by atoms with Gasteiger partial charge < -0.3 is 14.5 Å². The van der Waals surface area contributed by atoms with Crippen LogP contribution in [0, 0.1) is 5.41 Å². The maximum atomic E-state index is 14.2. The summed E-state index contributed by atoms with van der Waals surface area (Å²) in [5.41, 5.74) is -1.14. The molecule has 0 bridgehead atoms. The Kier molecular flexibility index (Phi) is 5.85. The van der Waals surface area contributed by atoms with Crippen molar-refractivity contribution in [2.45, 2.75) is 57.4 Å². The Morgan fingerprint density at radius 2 is 1.78 bits per heavy atom. The van der Waals surface area contributed by atoms with Crippen molar-refractivity contribution < 1.29 is 36.3 Å². The summed E-state index contributed by atoms with van der Waals surface area (Å²) >= 11 is 0.979. The highest BCUT2D eigenvalue weighted by molar-refractivity contribution is 7.18. The molecule has 0 aliphatic carbocycles. The van der Waals surface area contributed by atoms with E-state index < -0.39 is 55.1 Å². The zero-order valence-electron chi connectivity index (χ0n) is 20.4. The smallest absolute Gasteiger partial charge is 0.411 e. The standard InChI is InChI=1S/C23H26F5N5O3S/c1-20(2,3)36-19(35)33-11-22(24,25)6-15(33)18(34)32-9-21(10-32)7-31(8-21)16-14-4-13(5-23(26,27)28)37-17(14)30-12-29-16/h4,12,15H,5-11H2,1-3H3/t15-/m0/s1. The molecule has 1 spiro atoms. The van der Waals surface area contributed by atoms with Gasteiger partial charge in [-0.15, -0.1) is 11.3 Å². The molecule has 5 rings (SSSR count). The number of amides is 2. The predicted octanol–water partition coefficient (Wildman–Crippen LogP) is 4.09. The summed E-state index contributed by atoms with van der Waals surface area (Å²) < 4.78 is 72.0. The van der Waals surface area contributed by atoms with Crippen LogP contribution in [0.5, 0.6) is 0 Å². The number of carbonyl (C=O) groups excluding carboxylic acids is 2. The molecule has 2 amide bonds. The van der Waals surface area contributed by atoms with Crippen LogP contribution in [0.15, 0.2) is 12.4 Å². The summed E-state index contributed by atoms with van der Waals surface area (Å²) in [6.45, 7) is 5.70. The minimum atomic E-state index is -4.32. The molecule has 0 N–H and O–H groups in total. The van der Waals surface area contributed by atoms with E-state index in [2.05, 4.69) is 9.97 Å². The Morgan fingerprint density at radius 3 is 2.41 bits per heavy atom. The highest BCUT2D eigenvalue weighted by atomic mass is 32.1. The second kappa shape index (κ2) is 8.37. The first-order chi connectivity index (χ1) is 17.0. The third kappa shape index (κ3) is 5.16. The Morgan fingerprint density at radius 1 is 1.11 bits per heavy atom. The Bertz CT molecular complexity index is 1230. The van der Waals surface area contributed by atoms with E-state index in [4.69, 9.17) is 4.74 Å². The molecule has 2 aromatic heterocycles. The van der Waals surface area contributed by atoms with Crippen molar-refractivity contribution in [3.05, 3.63) is 17.3 Å². The molecular formula is C23H26F5N5O3S. The number of anilines is 1. The zero-order valence-corrected chi connectivity index (χ0v) is 21.3. The molecule has 202 valence electrons. The molecule has 8 nitrogen and oxygen atoms in total. The van der Waals surface area contributed by atoms with E-state index in [0.29, 0.717) is 42.2 Å². The lowest BCUT2D eigenvalue weighted by molar-refractivity contribution is -0.150. The summed E-state index contributed by atoms with van der Waals surface area (Å²) in [4.78, 5) is 38.8. The number of rotatable bonds is 3. The van der Waals surface area contributed by atoms with Gasteiger partial charge in [0, 0.05) is 42.9 Å². The second-order valence-corrected chi connectivity index (χ2v) is 12.3. The van der Waals surface area contributed by atoms with Gasteiger partial charge in [0.25, 0.3) is 5.92 Å². The molecule has 0 unspecified atom stereocenters. The zero-order chi connectivity index (χ0) is 27.0. The van der Waals surface area contributed by atoms with Crippen LogP contribution in [0.2, 0.25) is 0 Å². The molecule has 3 aliphatic rings. The quantitative estimate of drug-likeness (QED) is 0.539. The average Bonchev–Trinajstić information content (AvgIpc) is 3.22. The molecule has 37 heavy (non-hydrogen) atoms. The number of aromatic nitrogens is 2. The molecule has 2 aromatic rings. The van der Waals surface area contributed by atoms with Crippen molar-refractivity contribution in [2.24, 2.45) is 5.41 Å². The summed E-state index contributed by atoms with van der Waals surface area (Å²) in [6, 6.07) is 0.174. The van der Waals surface area contributed by atoms with Crippen LogP contribution in [0.25, 0.3) is 10.2 Å². The van der Waals surface area contributed by atoms with Crippen LogP contribution < -0.4 is 4.90 Å². The fourth-order valence-electron chi connectivity index (χ4n) is 5.22. The van der Waals surface area contributed by atoms with Gasteiger partial charge in [-0.1, -0.05) is 0 Å². The largest absolute Gasteiger partial charge is 0.444 e. The van der Waals surface area contributed by atoms with Crippen molar-refractivity contribution >= 4 is 39.4 Å². The lowest BCUT2D eigenvalue weighted by Crippen LogP contribution is -2.74. The number of ether oxygens (including phenoxy) is 1. The van der Waals surface area contributed by atoms with Crippen molar-refractivity contribution in [3.8, 4) is 0 Å². The molecule has 0 radical (unpaired) electrons. The Hall–Kier alpha value is -2.77. The molecule has 0 saturated carbocycles. The number of alkyl halides is 5. The molecule has 3 aliphatic heterocycles. The topological polar surface area (TPSA) is 78.9 Å². The summed E-state index contributed by atoms with van der Waals surface area (Å²) in [6.07, 6.45) is -5.73. The summed E-state index contributed by atoms with van der Waals surface area (Å²) in [5, 5.41) is 0.551. The van der Waals surface area contributed by atoms with Crippen LogP contribution in [0.3, 0.4) is 0 Å². The number of halogens is 5. The van der Waals surface area contributed by atoms with Gasteiger partial charge in [0.1, 0.15) is 28.6 Å². The van der Waals surface area contributed by atoms with Crippen LogP contribution in [-0.4, -0.2) is 88.2 Å². The number of nitrogens with zero attached hydrogens (tertiary/aromatic N) is 5. The number of likely N-dealkylation sites (tertiary alicyclic amines) is 2. The number of fused-ring (bicyclic) bond motifs is 1. The van der Waals surface area contributed by atoms with Crippen LogP contribution in [-0.2, 0) is 16.0 Å². The molecule has 5 heterocycles. The van der Waals surface area contributed by atoms with Gasteiger partial charge in [0.05, 0.1) is 18.4 Å². The first-order valence-electron chi connectivity index (χ1n) is 11.7. The third-order valence-corrected chi connectivity index (χ3v) is 7.68. The molecule has 3 saturated heterocycles. The molecule has 14 heteroatoms. The van der Waals surface area contributed by atoms with Gasteiger partial charge >= 0.3 is 12.3 Å². The maximum absolute atomic E-state index is 14.2. The first kappa shape index (κ1) is 25.9. The lowest BCUT2D eigenvalue weighted by atomic mass is 9.72. The lowest BCUT2D eigenvalue weighted by Gasteiger charge is -2.60. The van der Waals surface area contributed by atoms with E-state index in [1.54, 1.807) is 20.8 Å². The minimum absolute atomic E-state index is 0.155. The van der Waals surface area contributed by atoms with Crippen molar-refractivity contribution in [1.29, 1.82) is 0 Å². The fraction of sp³-hybridized carbons (Fsp3) is 0.652. The highest BCUT2D eigenvalue weighted by Crippen LogP contribution is 2.45. The van der Waals surface area contributed by atoms with E-state index in [0.717, 1.165) is 16.2 Å². The van der Waals surface area contributed by atoms with E-state index in [1.807, 2.05) is 4.90 Å². The van der Waals surface area contributed by atoms with Crippen LogP contribution in [0.4, 0.5) is 32.6 Å². The van der Waals surface area contributed by atoms with E-state index in [9.17, 15) is 31.5 Å². The Labute approximate surface area is 213 Å². The monoisotopic (exact) mass is 547 g/mol. The fourth-order valence-corrected chi connectivity index (χ4v) is 6.24. The number of hydrogen-bond acceptors (Lipinski definition) is 7. The van der Waals surface area contributed by atoms with Gasteiger partial charge in [-0.05, 0) is 26.8 Å². The normalized spacial score (nSPS) is 22.8. The van der Waals surface area contributed by atoms with Crippen molar-refractivity contribution in [1.82, 2.24) is 19.8 Å². The van der Waals surface area contributed by atoms with E-state index >= 15 is 0 Å². The van der Waals surface area contributed by atoms with Gasteiger partial charge in [0.2, 0.25) is 5.91 Å². The molecule has 3 fully saturated rings. The number of thiophene rings is 1. The number of carbonyl (C=O) groups is 2. The first-order valence-corrected chi connectivity index (χ1v) is 12.6. The van der Waals surface area contributed by atoms with Crippen molar-refractivity contribution in [2.75, 3.05) is 37.6 Å². The van der Waals surface area contributed by atoms with Crippen molar-refractivity contribution in [3.63, 3.8) is 0 Å². The molecular weight excluding hydrogens is 521 g/mol. The minimum Gasteiger partial charge on any atom is -0.444 e. The summed E-state index contributed by atoms with van der Waals surface area (Å²) in [7, 11) is 0. The summed E-state index contributed by atoms with van der Waals surface area (Å²) in [5.74, 6) is -3.18. The van der Waals surface area contributed by atoms with Gasteiger partial charge in [-0.25, -0.2) is 23.5 Å². The van der Waals surface area contributed by atoms with Gasteiger partial charge in [-0.3, -0.25) is 9.69 Å². The van der Waals surface area contributed by atoms with E-state index in [-0.39, 0.29) is 10.3 Å². The average molecular weight is 548 g/mol. The third-order valence-electron chi connectivity index (χ3n) is 6.63. The second-order valence-electron chi connectivity index (χ2n) is 11.2. The maximum Gasteiger partial charge on any atom is 0.411 e. The van der Waals surface area contributed by atoms with E-state index in [1.165, 1.54) is 17.3 Å². The number of hydrogen-bond donors (Lipinski definition) is 0. The van der Waals surface area contributed by atoms with Gasteiger partial charge in [-0.2, -0.15) is 13.2 Å². The molecule has 0 aromatic carbocycles. The van der Waals surface area contributed by atoms with Crippen LogP contribution in [0.1, 0.15) is 32.1 Å². The Balaban J connectivity index is 1.22. The van der Waals surface area contributed by atoms with Crippen LogP contribution >= 0.6 is 11.3 Å².